The first kappa shape index (κ1) is 17.2. The number of benzene rings is 2. The number of carbonyl (C=O) groups is 2. The Hall–Kier alpha value is -3.15. The van der Waals surface area contributed by atoms with Gasteiger partial charge in [0.25, 0.3) is 5.91 Å². The van der Waals surface area contributed by atoms with Crippen molar-refractivity contribution < 1.29 is 9.59 Å². The van der Waals surface area contributed by atoms with Crippen molar-refractivity contribution in [1.29, 1.82) is 0 Å². The molecule has 24 heavy (non-hydrogen) atoms. The highest BCUT2D eigenvalue weighted by Gasteiger charge is 2.06. The summed E-state index contributed by atoms with van der Waals surface area (Å²) in [4.78, 5) is 23.4. The molecule has 0 aliphatic carbocycles. The number of hydrogen-bond donors (Lipinski definition) is 3. The van der Waals surface area contributed by atoms with E-state index in [0.29, 0.717) is 29.1 Å². The number of anilines is 2. The van der Waals surface area contributed by atoms with Crippen molar-refractivity contribution in [3.05, 3.63) is 59.7 Å². The van der Waals surface area contributed by atoms with Crippen molar-refractivity contribution >= 4 is 28.9 Å². The van der Waals surface area contributed by atoms with Crippen LogP contribution in [0.3, 0.4) is 0 Å². The minimum Gasteiger partial charge on any atom is -0.399 e. The van der Waals surface area contributed by atoms with Gasteiger partial charge in [0.15, 0.2) is 0 Å². The van der Waals surface area contributed by atoms with E-state index in [-0.39, 0.29) is 11.8 Å². The van der Waals surface area contributed by atoms with E-state index in [0.717, 1.165) is 5.56 Å². The summed E-state index contributed by atoms with van der Waals surface area (Å²) in [6, 6.07) is 13.9. The second kappa shape index (κ2) is 7.92. The third kappa shape index (κ3) is 4.67. The van der Waals surface area contributed by atoms with Crippen LogP contribution >= 0.6 is 0 Å². The number of hydrogen-bond acceptors (Lipinski definition) is 4. The summed E-state index contributed by atoms with van der Waals surface area (Å²) in [6.45, 7) is 3.58. The summed E-state index contributed by atoms with van der Waals surface area (Å²) in [5, 5.41) is 6.82. The second-order valence-electron chi connectivity index (χ2n) is 5.24. The van der Waals surface area contributed by atoms with E-state index >= 15 is 0 Å². The molecule has 6 heteroatoms. The zero-order valence-corrected chi connectivity index (χ0v) is 13.7. The molecular weight excluding hydrogens is 304 g/mol. The lowest BCUT2D eigenvalue weighted by Crippen LogP contribution is -2.19. The Bertz CT molecular complexity index is 750. The number of nitrogens with zero attached hydrogens (tertiary/aromatic N) is 1. The first-order valence-corrected chi connectivity index (χ1v) is 7.60. The molecule has 2 aromatic carbocycles. The Balaban J connectivity index is 2.00. The molecule has 2 aromatic rings. The van der Waals surface area contributed by atoms with Crippen LogP contribution in [0.15, 0.2) is 53.6 Å². The van der Waals surface area contributed by atoms with E-state index in [1.807, 2.05) is 12.1 Å². The van der Waals surface area contributed by atoms with Gasteiger partial charge in [-0.3, -0.25) is 9.59 Å². The molecule has 6 nitrogen and oxygen atoms in total. The average Bonchev–Trinajstić information content (AvgIpc) is 2.60. The first-order chi connectivity index (χ1) is 11.5. The fourth-order valence-electron chi connectivity index (χ4n) is 1.94. The second-order valence-corrected chi connectivity index (χ2v) is 5.24. The van der Waals surface area contributed by atoms with Crippen molar-refractivity contribution in [3.8, 4) is 0 Å². The smallest absolute Gasteiger partial charge is 0.271 e. The summed E-state index contributed by atoms with van der Waals surface area (Å²) >= 11 is 0. The molecule has 0 heterocycles. The van der Waals surface area contributed by atoms with Gasteiger partial charge in [-0.2, -0.15) is 5.10 Å². The fraction of sp³-hybridized carbons (Fsp3) is 0.167. The maximum absolute atomic E-state index is 12.1. The molecule has 0 aliphatic heterocycles. The van der Waals surface area contributed by atoms with Gasteiger partial charge in [-0.25, -0.2) is 5.43 Å². The number of nitrogens with one attached hydrogen (secondary N) is 2. The third-order valence-corrected chi connectivity index (χ3v) is 3.41. The fourth-order valence-corrected chi connectivity index (χ4v) is 1.94. The van der Waals surface area contributed by atoms with Crippen molar-refractivity contribution in [2.75, 3.05) is 11.1 Å². The Kier molecular flexibility index (Phi) is 5.68. The third-order valence-electron chi connectivity index (χ3n) is 3.41. The summed E-state index contributed by atoms with van der Waals surface area (Å²) in [7, 11) is 0. The predicted octanol–water partition coefficient (Wildman–Crippen LogP) is 2.77. The molecule has 2 rings (SSSR count). The first-order valence-electron chi connectivity index (χ1n) is 7.60. The van der Waals surface area contributed by atoms with E-state index in [4.69, 9.17) is 5.73 Å². The van der Waals surface area contributed by atoms with Crippen LogP contribution in [-0.2, 0) is 4.79 Å². The molecule has 0 fully saturated rings. The Morgan fingerprint density at radius 1 is 1.00 bits per heavy atom. The lowest BCUT2D eigenvalue weighted by atomic mass is 10.1. The van der Waals surface area contributed by atoms with Gasteiger partial charge in [0, 0.05) is 23.4 Å². The van der Waals surface area contributed by atoms with E-state index in [9.17, 15) is 9.59 Å². The Morgan fingerprint density at radius 2 is 1.58 bits per heavy atom. The molecule has 0 radical (unpaired) electrons. The minimum atomic E-state index is -0.321. The van der Waals surface area contributed by atoms with Crippen LogP contribution in [0, 0.1) is 0 Å². The molecule has 2 amide bonds. The van der Waals surface area contributed by atoms with Crippen molar-refractivity contribution in [1.82, 2.24) is 5.43 Å². The van der Waals surface area contributed by atoms with Crippen LogP contribution in [0.2, 0.25) is 0 Å². The van der Waals surface area contributed by atoms with Crippen molar-refractivity contribution in [3.63, 3.8) is 0 Å². The molecule has 4 N–H and O–H groups in total. The molecule has 124 valence electrons. The number of carbonyl (C=O) groups excluding carboxylic acids is 2. The maximum Gasteiger partial charge on any atom is 0.271 e. The summed E-state index contributed by atoms with van der Waals surface area (Å²) < 4.78 is 0. The van der Waals surface area contributed by atoms with Crippen LogP contribution in [0.1, 0.15) is 36.2 Å². The van der Waals surface area contributed by atoms with Gasteiger partial charge in [0.05, 0.1) is 5.71 Å². The largest absolute Gasteiger partial charge is 0.399 e. The van der Waals surface area contributed by atoms with E-state index in [1.165, 1.54) is 0 Å². The normalized spacial score (nSPS) is 11.0. The van der Waals surface area contributed by atoms with Gasteiger partial charge in [-0.05, 0) is 48.9 Å². The van der Waals surface area contributed by atoms with Gasteiger partial charge in [-0.15, -0.1) is 0 Å². The zero-order chi connectivity index (χ0) is 17.5. The number of nitrogen functional groups attached to an aromatic ring is 1. The number of hydrazone groups is 1. The van der Waals surface area contributed by atoms with Crippen molar-refractivity contribution in [2.45, 2.75) is 20.3 Å². The molecule has 0 aromatic heterocycles. The lowest BCUT2D eigenvalue weighted by molar-refractivity contribution is -0.115. The van der Waals surface area contributed by atoms with Crippen LogP contribution in [0.5, 0.6) is 0 Å². The molecule has 0 aliphatic rings. The van der Waals surface area contributed by atoms with Crippen LogP contribution < -0.4 is 16.5 Å². The topological polar surface area (TPSA) is 96.6 Å². The summed E-state index contributed by atoms with van der Waals surface area (Å²) in [5.41, 5.74) is 11.5. The number of rotatable bonds is 5. The molecule has 0 saturated carbocycles. The highest BCUT2D eigenvalue weighted by atomic mass is 16.2. The molecule has 0 atom stereocenters. The highest BCUT2D eigenvalue weighted by molar-refractivity contribution is 6.01. The maximum atomic E-state index is 12.1. The standard InChI is InChI=1S/C18H20N4O2/c1-3-17(23)20-16-10-6-14(7-11-16)18(24)22-21-12(2)13-4-8-15(19)9-5-13/h4-11H,3,19H2,1-2H3,(H,20,23)(H,22,24)/b21-12-. The quantitative estimate of drug-likeness (QED) is 0.448. The zero-order valence-electron chi connectivity index (χ0n) is 13.7. The van der Waals surface area contributed by atoms with Crippen molar-refractivity contribution in [2.24, 2.45) is 5.10 Å². The average molecular weight is 324 g/mol. The predicted molar refractivity (Wildman–Crippen MR) is 95.9 cm³/mol. The van der Waals surface area contributed by atoms with Gasteiger partial charge in [0.1, 0.15) is 0 Å². The van der Waals surface area contributed by atoms with E-state index < -0.39 is 0 Å². The molecule has 0 saturated heterocycles. The monoisotopic (exact) mass is 324 g/mol. The van der Waals surface area contributed by atoms with Gasteiger partial charge in [0.2, 0.25) is 5.91 Å². The van der Waals surface area contributed by atoms with Crippen LogP contribution in [0.25, 0.3) is 0 Å². The van der Waals surface area contributed by atoms with E-state index in [2.05, 4.69) is 15.8 Å². The number of nitrogens with two attached hydrogens (primary N) is 1. The van der Waals surface area contributed by atoms with Gasteiger partial charge >= 0.3 is 0 Å². The summed E-state index contributed by atoms with van der Waals surface area (Å²) in [5.74, 6) is -0.394. The molecule has 0 bridgehead atoms. The highest BCUT2D eigenvalue weighted by Crippen LogP contribution is 2.10. The molecule has 0 unspecified atom stereocenters. The van der Waals surface area contributed by atoms with E-state index in [1.54, 1.807) is 50.2 Å². The van der Waals surface area contributed by atoms with Gasteiger partial charge in [-0.1, -0.05) is 19.1 Å². The lowest BCUT2D eigenvalue weighted by Gasteiger charge is -2.06. The minimum absolute atomic E-state index is 0.0732. The van der Waals surface area contributed by atoms with Crippen LogP contribution in [-0.4, -0.2) is 17.5 Å². The Labute approximate surface area is 140 Å². The van der Waals surface area contributed by atoms with Crippen LogP contribution in [0.4, 0.5) is 11.4 Å². The molecule has 0 spiro atoms. The Morgan fingerprint density at radius 3 is 2.17 bits per heavy atom. The summed E-state index contributed by atoms with van der Waals surface area (Å²) in [6.07, 6.45) is 0.404. The number of amides is 2. The van der Waals surface area contributed by atoms with Gasteiger partial charge < -0.3 is 11.1 Å². The molecular formula is C18H20N4O2. The SMILES string of the molecule is CCC(=O)Nc1ccc(C(=O)N/N=C(/C)c2ccc(N)cc2)cc1.